The van der Waals surface area contributed by atoms with Crippen molar-refractivity contribution in [1.29, 1.82) is 0 Å². The van der Waals surface area contributed by atoms with Gasteiger partial charge in [-0.2, -0.15) is 0 Å². The maximum Gasteiger partial charge on any atom is 0.240 e. The Morgan fingerprint density at radius 3 is 2.84 bits per heavy atom. The van der Waals surface area contributed by atoms with Gasteiger partial charge in [0, 0.05) is 23.6 Å². The average Bonchev–Trinajstić information content (AvgIpc) is 2.98. The lowest BCUT2D eigenvalue weighted by Gasteiger charge is -2.21. The molecule has 0 radical (unpaired) electrons. The number of hydrogen-bond acceptors (Lipinski definition) is 3. The van der Waals surface area contributed by atoms with Gasteiger partial charge in [-0.15, -0.1) is 0 Å². The fourth-order valence-electron chi connectivity index (χ4n) is 2.50. The standard InChI is InChI=1S/C14H18BrN3O/c15-11-3-1-2-4-12(11)18-8-5-10(9-18)17-13(19)14(16)6-7-14/h1-4,10H,5-9,16H2,(H,17,19). The molecule has 102 valence electrons. The Morgan fingerprint density at radius 1 is 1.42 bits per heavy atom. The van der Waals surface area contributed by atoms with Crippen LogP contribution in [0, 0.1) is 0 Å². The van der Waals surface area contributed by atoms with Crippen molar-refractivity contribution in [1.82, 2.24) is 5.32 Å². The molecule has 1 amide bonds. The molecule has 1 aliphatic heterocycles. The zero-order valence-electron chi connectivity index (χ0n) is 10.7. The molecule has 1 saturated carbocycles. The topological polar surface area (TPSA) is 58.4 Å². The number of anilines is 1. The lowest BCUT2D eigenvalue weighted by atomic mass is 10.2. The minimum atomic E-state index is -0.569. The molecular weight excluding hydrogens is 306 g/mol. The lowest BCUT2D eigenvalue weighted by molar-refractivity contribution is -0.123. The minimum Gasteiger partial charge on any atom is -0.368 e. The van der Waals surface area contributed by atoms with Crippen LogP contribution in [0.15, 0.2) is 28.7 Å². The third-order valence-corrected chi connectivity index (χ3v) is 4.63. The van der Waals surface area contributed by atoms with Crippen molar-refractivity contribution in [2.45, 2.75) is 30.8 Å². The molecule has 1 atom stereocenters. The fourth-order valence-corrected chi connectivity index (χ4v) is 3.03. The Bertz CT molecular complexity index is 501. The molecule has 0 spiro atoms. The van der Waals surface area contributed by atoms with E-state index in [-0.39, 0.29) is 11.9 Å². The van der Waals surface area contributed by atoms with Crippen LogP contribution in [0.5, 0.6) is 0 Å². The van der Waals surface area contributed by atoms with Crippen LogP contribution in [-0.2, 0) is 4.79 Å². The number of amides is 1. The van der Waals surface area contributed by atoms with E-state index in [1.807, 2.05) is 18.2 Å². The molecule has 0 bridgehead atoms. The number of carbonyl (C=O) groups excluding carboxylic acids is 1. The zero-order chi connectivity index (χ0) is 13.5. The summed E-state index contributed by atoms with van der Waals surface area (Å²) in [7, 11) is 0. The Kier molecular flexibility index (Phi) is 3.27. The Hall–Kier alpha value is -1.07. The normalized spacial score (nSPS) is 24.3. The highest BCUT2D eigenvalue weighted by Gasteiger charge is 2.46. The Balaban J connectivity index is 1.61. The quantitative estimate of drug-likeness (QED) is 0.889. The molecule has 1 saturated heterocycles. The number of rotatable bonds is 3. The molecule has 1 heterocycles. The van der Waals surface area contributed by atoms with E-state index in [4.69, 9.17) is 5.73 Å². The van der Waals surface area contributed by atoms with E-state index in [2.05, 4.69) is 32.2 Å². The van der Waals surface area contributed by atoms with Gasteiger partial charge in [0.15, 0.2) is 0 Å². The summed E-state index contributed by atoms with van der Waals surface area (Å²) in [5, 5.41) is 3.08. The van der Waals surface area contributed by atoms with Gasteiger partial charge >= 0.3 is 0 Å². The molecule has 3 rings (SSSR count). The van der Waals surface area contributed by atoms with Crippen molar-refractivity contribution >= 4 is 27.5 Å². The number of benzene rings is 1. The Labute approximate surface area is 121 Å². The van der Waals surface area contributed by atoms with Gasteiger partial charge in [0.05, 0.1) is 11.2 Å². The second-order valence-corrected chi connectivity index (χ2v) is 6.37. The van der Waals surface area contributed by atoms with Crippen molar-refractivity contribution in [2.75, 3.05) is 18.0 Å². The first-order valence-electron chi connectivity index (χ1n) is 6.68. The van der Waals surface area contributed by atoms with Crippen LogP contribution in [0.25, 0.3) is 0 Å². The summed E-state index contributed by atoms with van der Waals surface area (Å²) < 4.78 is 1.10. The van der Waals surface area contributed by atoms with Gasteiger partial charge in [-0.1, -0.05) is 12.1 Å². The van der Waals surface area contributed by atoms with Crippen LogP contribution in [0.1, 0.15) is 19.3 Å². The van der Waals surface area contributed by atoms with Crippen LogP contribution in [0.3, 0.4) is 0 Å². The van der Waals surface area contributed by atoms with Crippen molar-refractivity contribution in [3.05, 3.63) is 28.7 Å². The van der Waals surface area contributed by atoms with Crippen LogP contribution in [0.4, 0.5) is 5.69 Å². The molecule has 2 fully saturated rings. The van der Waals surface area contributed by atoms with E-state index in [1.54, 1.807) is 0 Å². The van der Waals surface area contributed by atoms with E-state index in [9.17, 15) is 4.79 Å². The molecule has 5 heteroatoms. The second-order valence-electron chi connectivity index (χ2n) is 5.51. The predicted molar refractivity (Wildman–Crippen MR) is 79.1 cm³/mol. The number of nitrogens with two attached hydrogens (primary N) is 1. The van der Waals surface area contributed by atoms with Gasteiger partial charge in [-0.25, -0.2) is 0 Å². The lowest BCUT2D eigenvalue weighted by Crippen LogP contribution is -2.47. The van der Waals surface area contributed by atoms with Gasteiger partial charge in [-0.05, 0) is 47.3 Å². The monoisotopic (exact) mass is 323 g/mol. The van der Waals surface area contributed by atoms with Crippen molar-refractivity contribution in [3.63, 3.8) is 0 Å². The highest BCUT2D eigenvalue weighted by Crippen LogP contribution is 2.33. The summed E-state index contributed by atoms with van der Waals surface area (Å²) >= 11 is 3.57. The number of halogens is 1. The van der Waals surface area contributed by atoms with Crippen LogP contribution >= 0.6 is 15.9 Å². The number of nitrogens with one attached hydrogen (secondary N) is 1. The number of hydrogen-bond donors (Lipinski definition) is 2. The number of carbonyl (C=O) groups is 1. The third kappa shape index (κ3) is 2.62. The highest BCUT2D eigenvalue weighted by atomic mass is 79.9. The summed E-state index contributed by atoms with van der Waals surface area (Å²) in [5.41, 5.74) is 6.52. The van der Waals surface area contributed by atoms with Crippen LogP contribution < -0.4 is 16.0 Å². The van der Waals surface area contributed by atoms with Gasteiger partial charge in [-0.3, -0.25) is 4.79 Å². The van der Waals surface area contributed by atoms with E-state index in [1.165, 1.54) is 5.69 Å². The van der Waals surface area contributed by atoms with Crippen molar-refractivity contribution in [2.24, 2.45) is 5.73 Å². The van der Waals surface area contributed by atoms with E-state index in [0.717, 1.165) is 36.8 Å². The van der Waals surface area contributed by atoms with Gasteiger partial charge in [0.25, 0.3) is 0 Å². The predicted octanol–water partition coefficient (Wildman–Crippen LogP) is 1.64. The van der Waals surface area contributed by atoms with Crippen molar-refractivity contribution < 1.29 is 4.79 Å². The van der Waals surface area contributed by atoms with E-state index < -0.39 is 5.54 Å². The molecule has 3 N–H and O–H groups in total. The minimum absolute atomic E-state index is 0.0199. The van der Waals surface area contributed by atoms with Gasteiger partial charge in [0.1, 0.15) is 0 Å². The summed E-state index contributed by atoms with van der Waals surface area (Å²) in [6.07, 6.45) is 2.61. The van der Waals surface area contributed by atoms with Crippen molar-refractivity contribution in [3.8, 4) is 0 Å². The second kappa shape index (κ2) is 4.80. The van der Waals surface area contributed by atoms with Crippen LogP contribution in [-0.4, -0.2) is 30.6 Å². The molecule has 2 aliphatic rings. The molecule has 1 unspecified atom stereocenters. The van der Waals surface area contributed by atoms with Gasteiger partial charge in [0.2, 0.25) is 5.91 Å². The maximum atomic E-state index is 11.9. The number of nitrogens with zero attached hydrogens (tertiary/aromatic N) is 1. The molecular formula is C14H18BrN3O. The van der Waals surface area contributed by atoms with Crippen LogP contribution in [0.2, 0.25) is 0 Å². The zero-order valence-corrected chi connectivity index (χ0v) is 12.3. The molecule has 0 aromatic heterocycles. The first-order valence-corrected chi connectivity index (χ1v) is 7.47. The van der Waals surface area contributed by atoms with E-state index >= 15 is 0 Å². The number of para-hydroxylation sites is 1. The summed E-state index contributed by atoms with van der Waals surface area (Å²) in [6.45, 7) is 1.82. The Morgan fingerprint density at radius 2 is 2.16 bits per heavy atom. The maximum absolute atomic E-state index is 11.9. The summed E-state index contributed by atoms with van der Waals surface area (Å²) in [6, 6.07) is 8.39. The molecule has 4 nitrogen and oxygen atoms in total. The largest absolute Gasteiger partial charge is 0.368 e. The highest BCUT2D eigenvalue weighted by molar-refractivity contribution is 9.10. The van der Waals surface area contributed by atoms with Gasteiger partial charge < -0.3 is 16.0 Å². The molecule has 1 aromatic carbocycles. The fraction of sp³-hybridized carbons (Fsp3) is 0.500. The summed E-state index contributed by atoms with van der Waals surface area (Å²) in [5.74, 6) is 0.0199. The third-order valence-electron chi connectivity index (χ3n) is 3.96. The van der Waals surface area contributed by atoms with E-state index in [0.29, 0.717) is 0 Å². The SMILES string of the molecule is NC1(C(=O)NC2CCN(c3ccccc3Br)C2)CC1. The molecule has 1 aliphatic carbocycles. The summed E-state index contributed by atoms with van der Waals surface area (Å²) in [4.78, 5) is 14.2. The molecule has 19 heavy (non-hydrogen) atoms. The smallest absolute Gasteiger partial charge is 0.240 e. The first kappa shape index (κ1) is 12.9. The average molecular weight is 324 g/mol. The first-order chi connectivity index (χ1) is 9.08. The molecule has 1 aromatic rings.